The molecule has 0 aromatic carbocycles. The summed E-state index contributed by atoms with van der Waals surface area (Å²) in [4.78, 5) is 12.5. The van der Waals surface area contributed by atoms with E-state index in [0.717, 1.165) is 26.0 Å². The predicted molar refractivity (Wildman–Crippen MR) is 83.2 cm³/mol. The molecule has 1 N–H and O–H groups in total. The molecule has 0 aliphatic heterocycles. The molecule has 21 heavy (non-hydrogen) atoms. The fraction of sp³-hybridized carbons (Fsp3) is 0.941. The first kappa shape index (κ1) is 16.8. The Hall–Kier alpha value is -0.610. The van der Waals surface area contributed by atoms with Gasteiger partial charge in [0.15, 0.2) is 0 Å². The van der Waals surface area contributed by atoms with E-state index in [1.807, 2.05) is 13.8 Å². The minimum Gasteiger partial charge on any atom is -0.465 e. The zero-order valence-corrected chi connectivity index (χ0v) is 13.7. The van der Waals surface area contributed by atoms with E-state index >= 15 is 0 Å². The summed E-state index contributed by atoms with van der Waals surface area (Å²) in [5.74, 6) is 0.931. The van der Waals surface area contributed by atoms with Crippen LogP contribution in [0.3, 0.4) is 0 Å². The zero-order chi connectivity index (χ0) is 15.1. The van der Waals surface area contributed by atoms with Crippen molar-refractivity contribution in [1.29, 1.82) is 0 Å². The summed E-state index contributed by atoms with van der Waals surface area (Å²) in [5.41, 5.74) is -0.612. The van der Waals surface area contributed by atoms with Gasteiger partial charge in [0.25, 0.3) is 0 Å². The number of carbonyl (C=O) groups excluding carboxylic acids is 1. The van der Waals surface area contributed by atoms with Crippen molar-refractivity contribution < 1.29 is 14.3 Å². The first-order valence-electron chi connectivity index (χ1n) is 8.73. The van der Waals surface area contributed by atoms with Crippen LogP contribution in [-0.2, 0) is 14.3 Å². The lowest BCUT2D eigenvalue weighted by Crippen LogP contribution is -2.58. The number of ether oxygens (including phenoxy) is 2. The summed E-state index contributed by atoms with van der Waals surface area (Å²) < 4.78 is 11.3. The Bertz CT molecular complexity index is 324. The standard InChI is InChI=1S/C17H31NO3/c1-3-18-17(15-10-11-15,16(19)21-4-2)13-20-12-14-8-6-5-7-9-14/h14-15,18H,3-13H2,1-2H3. The van der Waals surface area contributed by atoms with Gasteiger partial charge in [-0.1, -0.05) is 26.2 Å². The molecule has 1 unspecified atom stereocenters. The molecule has 0 bridgehead atoms. The van der Waals surface area contributed by atoms with E-state index in [4.69, 9.17) is 9.47 Å². The third-order valence-corrected chi connectivity index (χ3v) is 4.81. The number of likely N-dealkylation sites (N-methyl/N-ethyl adjacent to an activating group) is 1. The highest BCUT2D eigenvalue weighted by atomic mass is 16.5. The van der Waals surface area contributed by atoms with Gasteiger partial charge in [0.2, 0.25) is 0 Å². The van der Waals surface area contributed by atoms with Crippen molar-refractivity contribution in [3.63, 3.8) is 0 Å². The molecule has 0 amide bonds. The van der Waals surface area contributed by atoms with Crippen molar-refractivity contribution in [2.24, 2.45) is 11.8 Å². The molecular weight excluding hydrogens is 266 g/mol. The van der Waals surface area contributed by atoms with E-state index in [0.29, 0.717) is 25.0 Å². The maximum atomic E-state index is 12.5. The highest BCUT2D eigenvalue weighted by Gasteiger charge is 2.52. The van der Waals surface area contributed by atoms with Crippen molar-refractivity contribution in [2.45, 2.75) is 64.3 Å². The van der Waals surface area contributed by atoms with Crippen LogP contribution in [-0.4, -0.2) is 37.9 Å². The molecular formula is C17H31NO3. The molecule has 0 radical (unpaired) electrons. The number of rotatable bonds is 9. The summed E-state index contributed by atoms with van der Waals surface area (Å²) in [6, 6.07) is 0. The quantitative estimate of drug-likeness (QED) is 0.665. The summed E-state index contributed by atoms with van der Waals surface area (Å²) >= 11 is 0. The lowest BCUT2D eigenvalue weighted by atomic mass is 9.90. The Kier molecular flexibility index (Phi) is 6.49. The van der Waals surface area contributed by atoms with Crippen LogP contribution >= 0.6 is 0 Å². The van der Waals surface area contributed by atoms with Crippen LogP contribution in [0.25, 0.3) is 0 Å². The molecule has 0 aromatic heterocycles. The molecule has 0 aromatic rings. The maximum Gasteiger partial charge on any atom is 0.329 e. The first-order chi connectivity index (χ1) is 10.2. The van der Waals surface area contributed by atoms with Gasteiger partial charge in [0.05, 0.1) is 13.2 Å². The summed E-state index contributed by atoms with van der Waals surface area (Å²) in [5, 5.41) is 3.38. The number of nitrogens with one attached hydrogen (secondary N) is 1. The first-order valence-corrected chi connectivity index (χ1v) is 8.73. The highest BCUT2D eigenvalue weighted by molar-refractivity contribution is 5.82. The van der Waals surface area contributed by atoms with Gasteiger partial charge < -0.3 is 9.47 Å². The molecule has 2 aliphatic rings. The van der Waals surface area contributed by atoms with Gasteiger partial charge >= 0.3 is 5.97 Å². The van der Waals surface area contributed by atoms with E-state index in [1.54, 1.807) is 0 Å². The summed E-state index contributed by atoms with van der Waals surface area (Å²) in [6.07, 6.45) is 8.76. The van der Waals surface area contributed by atoms with E-state index in [-0.39, 0.29) is 5.97 Å². The molecule has 122 valence electrons. The normalized spacial score (nSPS) is 22.8. The lowest BCUT2D eigenvalue weighted by Gasteiger charge is -2.33. The van der Waals surface area contributed by atoms with Crippen molar-refractivity contribution in [3.8, 4) is 0 Å². The second-order valence-electron chi connectivity index (χ2n) is 6.52. The Morgan fingerprint density at radius 2 is 1.86 bits per heavy atom. The van der Waals surface area contributed by atoms with Gasteiger partial charge in [-0.05, 0) is 51.0 Å². The second-order valence-corrected chi connectivity index (χ2v) is 6.52. The van der Waals surface area contributed by atoms with E-state index in [1.165, 1.54) is 32.1 Å². The van der Waals surface area contributed by atoms with Crippen LogP contribution in [0.1, 0.15) is 58.8 Å². The van der Waals surface area contributed by atoms with E-state index in [9.17, 15) is 4.79 Å². The number of carbonyl (C=O) groups is 1. The van der Waals surface area contributed by atoms with E-state index in [2.05, 4.69) is 5.32 Å². The van der Waals surface area contributed by atoms with Gasteiger partial charge in [0, 0.05) is 6.61 Å². The van der Waals surface area contributed by atoms with Crippen molar-refractivity contribution in [1.82, 2.24) is 5.32 Å². The Balaban J connectivity index is 1.89. The molecule has 4 nitrogen and oxygen atoms in total. The number of hydrogen-bond acceptors (Lipinski definition) is 4. The molecule has 0 heterocycles. The molecule has 2 fully saturated rings. The van der Waals surface area contributed by atoms with Gasteiger partial charge in [-0.3, -0.25) is 5.32 Å². The van der Waals surface area contributed by atoms with Crippen molar-refractivity contribution in [2.75, 3.05) is 26.4 Å². The third kappa shape index (κ3) is 4.43. The number of esters is 1. The van der Waals surface area contributed by atoms with Crippen LogP contribution in [0.2, 0.25) is 0 Å². The van der Waals surface area contributed by atoms with Gasteiger partial charge in [-0.2, -0.15) is 0 Å². The smallest absolute Gasteiger partial charge is 0.329 e. The van der Waals surface area contributed by atoms with Gasteiger partial charge in [-0.25, -0.2) is 4.79 Å². The third-order valence-electron chi connectivity index (χ3n) is 4.81. The van der Waals surface area contributed by atoms with E-state index < -0.39 is 5.54 Å². The molecule has 4 heteroatoms. The largest absolute Gasteiger partial charge is 0.465 e. The second kappa shape index (κ2) is 8.14. The minimum absolute atomic E-state index is 0.127. The topological polar surface area (TPSA) is 47.6 Å². The average Bonchev–Trinajstić information content (AvgIpc) is 3.32. The van der Waals surface area contributed by atoms with Crippen molar-refractivity contribution in [3.05, 3.63) is 0 Å². The predicted octanol–water partition coefficient (Wildman–Crippen LogP) is 2.90. The van der Waals surface area contributed by atoms with Crippen LogP contribution < -0.4 is 5.32 Å². The summed E-state index contributed by atoms with van der Waals surface area (Å²) in [6.45, 7) is 6.35. The minimum atomic E-state index is -0.612. The monoisotopic (exact) mass is 297 g/mol. The molecule has 2 saturated carbocycles. The van der Waals surface area contributed by atoms with Crippen LogP contribution in [0.5, 0.6) is 0 Å². The Morgan fingerprint density at radius 3 is 2.43 bits per heavy atom. The number of hydrogen-bond donors (Lipinski definition) is 1. The molecule has 1 atom stereocenters. The molecule has 0 spiro atoms. The Labute approximate surface area is 129 Å². The highest BCUT2D eigenvalue weighted by Crippen LogP contribution is 2.41. The van der Waals surface area contributed by atoms with Crippen LogP contribution in [0.4, 0.5) is 0 Å². The zero-order valence-electron chi connectivity index (χ0n) is 13.7. The molecule has 2 rings (SSSR count). The lowest BCUT2D eigenvalue weighted by molar-refractivity contribution is -0.156. The fourth-order valence-electron chi connectivity index (χ4n) is 3.50. The average molecular weight is 297 g/mol. The summed E-state index contributed by atoms with van der Waals surface area (Å²) in [7, 11) is 0. The van der Waals surface area contributed by atoms with Gasteiger partial charge in [-0.15, -0.1) is 0 Å². The van der Waals surface area contributed by atoms with Crippen LogP contribution in [0.15, 0.2) is 0 Å². The Morgan fingerprint density at radius 1 is 1.14 bits per heavy atom. The molecule has 0 saturated heterocycles. The maximum absolute atomic E-state index is 12.5. The fourth-order valence-corrected chi connectivity index (χ4v) is 3.50. The SMILES string of the molecule is CCNC(COCC1CCCCC1)(C(=O)OCC)C1CC1. The molecule has 2 aliphatic carbocycles. The van der Waals surface area contributed by atoms with Crippen molar-refractivity contribution >= 4 is 5.97 Å². The van der Waals surface area contributed by atoms with Gasteiger partial charge in [0.1, 0.15) is 5.54 Å². The van der Waals surface area contributed by atoms with Crippen LogP contribution in [0, 0.1) is 11.8 Å².